The molecule has 0 atom stereocenters. The first-order chi connectivity index (χ1) is 8.17. The van der Waals surface area contributed by atoms with Gasteiger partial charge in [-0.05, 0) is 24.7 Å². The minimum Gasteiger partial charge on any atom is -0.294 e. The van der Waals surface area contributed by atoms with Crippen molar-refractivity contribution in [2.75, 3.05) is 0 Å². The molecule has 0 aromatic carbocycles. The van der Waals surface area contributed by atoms with E-state index in [1.165, 1.54) is 6.42 Å². The van der Waals surface area contributed by atoms with Gasteiger partial charge in [0.05, 0.1) is 5.71 Å². The largest absolute Gasteiger partial charge is 0.593 e. The van der Waals surface area contributed by atoms with E-state index in [-0.39, 0.29) is 11.3 Å². The molecule has 2 nitrogen and oxygen atoms in total. The van der Waals surface area contributed by atoms with E-state index in [0.29, 0.717) is 12.1 Å². The average Bonchev–Trinajstić information content (AvgIpc) is 2.23. The number of nitrogens with zero attached hydrogens (tertiary/aromatic N) is 1. The predicted molar refractivity (Wildman–Crippen MR) is 65.2 cm³/mol. The molecule has 0 N–H and O–H groups in total. The fourth-order valence-corrected chi connectivity index (χ4v) is 2.34. The van der Waals surface area contributed by atoms with E-state index in [4.69, 9.17) is 0 Å². The zero-order valence-electron chi connectivity index (χ0n) is 11.3. The summed E-state index contributed by atoms with van der Waals surface area (Å²) in [5, 5.41) is 3.40. The fraction of sp³-hybridized carbons (Fsp3) is 0.923. The lowest BCUT2D eigenvalue weighted by Gasteiger charge is -2.27. The molecule has 0 spiro atoms. The summed E-state index contributed by atoms with van der Waals surface area (Å²) in [5.41, 5.74) is 0.491. The molecule has 0 aliphatic heterocycles. The third kappa shape index (κ3) is 6.26. The number of hydrogen-bond donors (Lipinski definition) is 0. The van der Waals surface area contributed by atoms with Crippen molar-refractivity contribution in [3.63, 3.8) is 0 Å². The lowest BCUT2D eigenvalue weighted by atomic mass is 9.79. The first-order valence-corrected chi connectivity index (χ1v) is 6.49. The van der Waals surface area contributed by atoms with Crippen molar-refractivity contribution in [3.05, 3.63) is 0 Å². The maximum Gasteiger partial charge on any atom is 0.593 e. The van der Waals surface area contributed by atoms with E-state index in [2.05, 4.69) is 9.99 Å². The van der Waals surface area contributed by atoms with E-state index in [1.807, 2.05) is 20.8 Å². The van der Waals surface area contributed by atoms with Crippen LogP contribution in [0.15, 0.2) is 5.16 Å². The number of halogens is 3. The van der Waals surface area contributed by atoms with Crippen LogP contribution in [0.1, 0.15) is 59.3 Å². The van der Waals surface area contributed by atoms with Crippen LogP contribution in [0.25, 0.3) is 0 Å². The maximum atomic E-state index is 12.1. The number of hydrogen-bond acceptors (Lipinski definition) is 2. The maximum absolute atomic E-state index is 12.1. The van der Waals surface area contributed by atoms with Gasteiger partial charge in [0.15, 0.2) is 0 Å². The van der Waals surface area contributed by atoms with Gasteiger partial charge in [0.2, 0.25) is 0 Å². The van der Waals surface area contributed by atoms with Crippen molar-refractivity contribution >= 4 is 5.71 Å². The molecule has 0 saturated heterocycles. The molecule has 1 saturated carbocycles. The Balaban J connectivity index is 2.73. The van der Waals surface area contributed by atoms with Crippen molar-refractivity contribution in [3.8, 4) is 0 Å². The quantitative estimate of drug-likeness (QED) is 0.525. The summed E-state index contributed by atoms with van der Waals surface area (Å²) in [6, 6.07) is 0. The Labute approximate surface area is 107 Å². The van der Waals surface area contributed by atoms with E-state index < -0.39 is 6.36 Å². The topological polar surface area (TPSA) is 21.6 Å². The molecule has 0 aromatic rings. The minimum absolute atomic E-state index is 0.0781. The van der Waals surface area contributed by atoms with Crippen molar-refractivity contribution in [2.45, 2.75) is 65.7 Å². The highest BCUT2D eigenvalue weighted by molar-refractivity contribution is 5.86. The number of oxime groups is 1. The van der Waals surface area contributed by atoms with Crippen molar-refractivity contribution in [1.82, 2.24) is 0 Å². The fourth-order valence-electron chi connectivity index (χ4n) is 2.34. The van der Waals surface area contributed by atoms with Crippen LogP contribution in [0.5, 0.6) is 0 Å². The Morgan fingerprint density at radius 3 is 2.11 bits per heavy atom. The lowest BCUT2D eigenvalue weighted by molar-refractivity contribution is -0.325. The molecule has 1 rings (SSSR count). The molecule has 1 fully saturated rings. The molecule has 0 heterocycles. The Morgan fingerprint density at radius 1 is 1.11 bits per heavy atom. The summed E-state index contributed by atoms with van der Waals surface area (Å²) in [4.78, 5) is 3.68. The molecular formula is C13H22F3NO. The van der Waals surface area contributed by atoms with Crippen molar-refractivity contribution in [1.29, 1.82) is 0 Å². The summed E-state index contributed by atoms with van der Waals surface area (Å²) in [6.45, 7) is 6.00. The van der Waals surface area contributed by atoms with E-state index >= 15 is 0 Å². The summed E-state index contributed by atoms with van der Waals surface area (Å²) in [5.74, 6) is 0.153. The first-order valence-electron chi connectivity index (χ1n) is 6.49. The first kappa shape index (κ1) is 15.3. The van der Waals surface area contributed by atoms with Gasteiger partial charge in [-0.2, -0.15) is 0 Å². The highest BCUT2D eigenvalue weighted by Gasteiger charge is 2.33. The second kappa shape index (κ2) is 5.93. The number of rotatable bonds is 3. The van der Waals surface area contributed by atoms with Gasteiger partial charge in [-0.25, -0.2) is 0 Å². The van der Waals surface area contributed by atoms with Gasteiger partial charge in [0, 0.05) is 5.92 Å². The smallest absolute Gasteiger partial charge is 0.294 e. The van der Waals surface area contributed by atoms with Crippen LogP contribution in [0.3, 0.4) is 0 Å². The van der Waals surface area contributed by atoms with Gasteiger partial charge < -0.3 is 0 Å². The van der Waals surface area contributed by atoms with E-state index in [0.717, 1.165) is 25.7 Å². The van der Waals surface area contributed by atoms with Crippen LogP contribution in [-0.4, -0.2) is 12.1 Å². The Bertz CT molecular complexity index is 286. The minimum atomic E-state index is -4.68. The average molecular weight is 265 g/mol. The van der Waals surface area contributed by atoms with E-state index in [9.17, 15) is 13.2 Å². The summed E-state index contributed by atoms with van der Waals surface area (Å²) in [7, 11) is 0. The van der Waals surface area contributed by atoms with Gasteiger partial charge in [0.1, 0.15) is 0 Å². The van der Waals surface area contributed by atoms with Gasteiger partial charge in [0.25, 0.3) is 0 Å². The van der Waals surface area contributed by atoms with Gasteiger partial charge >= 0.3 is 6.36 Å². The zero-order valence-corrected chi connectivity index (χ0v) is 11.3. The summed E-state index contributed by atoms with van der Waals surface area (Å²) < 4.78 is 36.3. The predicted octanol–water partition coefficient (Wildman–Crippen LogP) is 4.90. The lowest BCUT2D eigenvalue weighted by Crippen LogP contribution is -2.24. The summed E-state index contributed by atoms with van der Waals surface area (Å²) in [6.07, 6.45) is 1.02. The zero-order chi connectivity index (χ0) is 13.8. The highest BCUT2D eigenvalue weighted by Crippen LogP contribution is 2.31. The molecule has 5 heteroatoms. The summed E-state index contributed by atoms with van der Waals surface area (Å²) >= 11 is 0. The van der Waals surface area contributed by atoms with Crippen LogP contribution in [0.4, 0.5) is 13.2 Å². The molecule has 1 aliphatic rings. The molecule has 0 radical (unpaired) electrons. The third-order valence-corrected chi connectivity index (χ3v) is 3.05. The van der Waals surface area contributed by atoms with Crippen molar-refractivity contribution < 1.29 is 18.0 Å². The molecule has 1 aliphatic carbocycles. The molecular weight excluding hydrogens is 243 g/mol. The second-order valence-corrected chi connectivity index (χ2v) is 6.19. The molecule has 0 bridgehead atoms. The van der Waals surface area contributed by atoms with E-state index in [1.54, 1.807) is 0 Å². The molecule has 0 amide bonds. The van der Waals surface area contributed by atoms with Crippen LogP contribution < -0.4 is 0 Å². The number of alkyl halides is 3. The second-order valence-electron chi connectivity index (χ2n) is 6.19. The van der Waals surface area contributed by atoms with Crippen LogP contribution in [0, 0.1) is 11.3 Å². The monoisotopic (exact) mass is 265 g/mol. The Kier molecular flexibility index (Phi) is 5.05. The highest BCUT2D eigenvalue weighted by atomic mass is 19.4. The standard InChI is InChI=1S/C13H22F3NO/c1-12(2,3)9-11(17-18-13(14,15)16)10-7-5-4-6-8-10/h10H,4-9H2,1-3H3/b17-11+. The molecule has 106 valence electrons. The molecule has 18 heavy (non-hydrogen) atoms. The van der Waals surface area contributed by atoms with Gasteiger partial charge in [-0.3, -0.25) is 4.84 Å². The molecule has 0 unspecified atom stereocenters. The third-order valence-electron chi connectivity index (χ3n) is 3.05. The van der Waals surface area contributed by atoms with Crippen molar-refractivity contribution in [2.24, 2.45) is 16.5 Å². The Hall–Kier alpha value is -0.740. The van der Waals surface area contributed by atoms with Gasteiger partial charge in [-0.1, -0.05) is 45.2 Å². The molecule has 0 aromatic heterocycles. The Morgan fingerprint density at radius 2 is 1.67 bits per heavy atom. The van der Waals surface area contributed by atoms with Crippen LogP contribution in [-0.2, 0) is 4.84 Å². The van der Waals surface area contributed by atoms with Crippen LogP contribution in [0.2, 0.25) is 0 Å². The van der Waals surface area contributed by atoms with Gasteiger partial charge in [-0.15, -0.1) is 13.2 Å². The SMILES string of the molecule is CC(C)(C)C/C(=N\OC(F)(F)F)C1CCCCC1. The normalized spacial score (nSPS) is 20.0. The van der Waals surface area contributed by atoms with Crippen LogP contribution >= 0.6 is 0 Å².